The zero-order valence-corrected chi connectivity index (χ0v) is 26.3. The van der Waals surface area contributed by atoms with Crippen molar-refractivity contribution in [2.24, 2.45) is 11.5 Å². The minimum absolute atomic E-state index is 0.309. The summed E-state index contributed by atoms with van der Waals surface area (Å²) in [4.78, 5) is 56.7. The number of amides is 1. The molecule has 1 aliphatic heterocycles. The number of nitrogens with two attached hydrogens (primary N) is 2. The van der Waals surface area contributed by atoms with Crippen molar-refractivity contribution >= 4 is 23.8 Å². The van der Waals surface area contributed by atoms with Crippen LogP contribution >= 0.6 is 0 Å². The second-order valence-electron chi connectivity index (χ2n) is 10.7. The van der Waals surface area contributed by atoms with Crippen LogP contribution in [-0.4, -0.2) is 110 Å². The first-order chi connectivity index (χ1) is 21.0. The van der Waals surface area contributed by atoms with Crippen molar-refractivity contribution in [1.82, 2.24) is 15.3 Å². The topological polar surface area (TPSA) is 185 Å². The number of rotatable bonds is 19. The van der Waals surface area contributed by atoms with E-state index in [1.165, 1.54) is 33.3 Å². The Morgan fingerprint density at radius 3 is 2.00 bits per heavy atom. The van der Waals surface area contributed by atoms with E-state index in [4.69, 9.17) is 35.3 Å². The maximum Gasteiger partial charge on any atom is 0.303 e. The fraction of sp³-hybridized carbons (Fsp3) is 0.667. The van der Waals surface area contributed by atoms with E-state index >= 15 is 0 Å². The van der Waals surface area contributed by atoms with Gasteiger partial charge in [0, 0.05) is 47.3 Å². The number of hydrogen-bond donors (Lipinski definition) is 3. The molecular formula is C30H49N5O9. The Kier molecular flexibility index (Phi) is 16.8. The molecule has 2 rings (SSSR count). The van der Waals surface area contributed by atoms with Gasteiger partial charge in [-0.2, -0.15) is 5.06 Å². The Morgan fingerprint density at radius 2 is 1.41 bits per heavy atom. The predicted octanol–water partition coefficient (Wildman–Crippen LogP) is 0.466. The highest BCUT2D eigenvalue weighted by Gasteiger charge is 2.52. The number of hydroxylamine groups is 2. The van der Waals surface area contributed by atoms with Crippen molar-refractivity contribution in [2.75, 3.05) is 45.9 Å². The summed E-state index contributed by atoms with van der Waals surface area (Å²) in [7, 11) is 0. The molecule has 5 atom stereocenters. The number of benzene rings is 1. The molecule has 5 N–H and O–H groups in total. The lowest BCUT2D eigenvalue weighted by Gasteiger charge is -2.45. The first kappa shape index (κ1) is 37.0. The lowest BCUT2D eigenvalue weighted by molar-refractivity contribution is -0.341. The third-order valence-corrected chi connectivity index (χ3v) is 6.75. The summed E-state index contributed by atoms with van der Waals surface area (Å²) < 4.78 is 22.4. The van der Waals surface area contributed by atoms with Crippen LogP contribution in [0.4, 0.5) is 0 Å². The fourth-order valence-corrected chi connectivity index (χ4v) is 4.91. The molecule has 1 aliphatic rings. The molecule has 14 heteroatoms. The molecule has 1 aromatic carbocycles. The van der Waals surface area contributed by atoms with Crippen molar-refractivity contribution in [3.05, 3.63) is 35.9 Å². The molecule has 44 heavy (non-hydrogen) atoms. The van der Waals surface area contributed by atoms with Crippen LogP contribution in [0.1, 0.15) is 52.5 Å². The monoisotopic (exact) mass is 623 g/mol. The van der Waals surface area contributed by atoms with E-state index in [2.05, 4.69) is 22.3 Å². The Bertz CT molecular complexity index is 1030. The van der Waals surface area contributed by atoms with Crippen molar-refractivity contribution in [2.45, 2.75) is 84.1 Å². The summed E-state index contributed by atoms with van der Waals surface area (Å²) in [6.45, 7) is 8.91. The van der Waals surface area contributed by atoms with Crippen molar-refractivity contribution in [3.8, 4) is 0 Å². The van der Waals surface area contributed by atoms with E-state index < -0.39 is 54.5 Å². The third-order valence-electron chi connectivity index (χ3n) is 6.75. The molecule has 0 aromatic heterocycles. The van der Waals surface area contributed by atoms with Crippen molar-refractivity contribution < 1.29 is 43.0 Å². The minimum Gasteiger partial charge on any atom is -0.463 e. The Labute approximate surface area is 259 Å². The van der Waals surface area contributed by atoms with Crippen LogP contribution in [0.3, 0.4) is 0 Å². The highest BCUT2D eigenvalue weighted by molar-refractivity contribution is 5.73. The van der Waals surface area contributed by atoms with Crippen LogP contribution in [0.25, 0.3) is 0 Å². The van der Waals surface area contributed by atoms with E-state index in [1.807, 2.05) is 18.2 Å². The van der Waals surface area contributed by atoms with Crippen LogP contribution in [0.2, 0.25) is 0 Å². The van der Waals surface area contributed by atoms with Gasteiger partial charge in [-0.15, -0.1) is 0 Å². The normalized spacial score (nSPS) is 21.6. The zero-order valence-electron chi connectivity index (χ0n) is 26.3. The smallest absolute Gasteiger partial charge is 0.303 e. The van der Waals surface area contributed by atoms with Gasteiger partial charge in [-0.3, -0.25) is 28.9 Å². The summed E-state index contributed by atoms with van der Waals surface area (Å²) in [5, 5.41) is 4.43. The molecular weight excluding hydrogens is 574 g/mol. The largest absolute Gasteiger partial charge is 0.463 e. The SMILES string of the molecule is CC(=O)NC1C(OC(C)=O)[C@@H](OC(C)=O)C(COC(C)=O)O[C@H]1ON(CCCN)CCCN(CCCN)Cc1ccccc1. The molecule has 0 aliphatic carbocycles. The highest BCUT2D eigenvalue weighted by Crippen LogP contribution is 2.28. The lowest BCUT2D eigenvalue weighted by Crippen LogP contribution is -2.67. The summed E-state index contributed by atoms with van der Waals surface area (Å²) in [5.74, 6) is -2.39. The van der Waals surface area contributed by atoms with E-state index in [0.29, 0.717) is 32.6 Å². The minimum atomic E-state index is -1.20. The van der Waals surface area contributed by atoms with Crippen LogP contribution in [0, 0.1) is 0 Å². The molecule has 0 saturated carbocycles. The first-order valence-electron chi connectivity index (χ1n) is 15.0. The molecule has 1 aromatic rings. The van der Waals surface area contributed by atoms with E-state index in [-0.39, 0.29) is 6.61 Å². The second kappa shape index (κ2) is 20.0. The molecule has 14 nitrogen and oxygen atoms in total. The summed E-state index contributed by atoms with van der Waals surface area (Å²) >= 11 is 0. The van der Waals surface area contributed by atoms with Gasteiger partial charge in [0.25, 0.3) is 0 Å². The molecule has 3 unspecified atom stereocenters. The summed E-state index contributed by atoms with van der Waals surface area (Å²) in [6, 6.07) is 9.12. The second-order valence-corrected chi connectivity index (χ2v) is 10.7. The van der Waals surface area contributed by atoms with Crippen LogP contribution in [0.15, 0.2) is 30.3 Å². The number of nitrogens with zero attached hydrogens (tertiary/aromatic N) is 2. The predicted molar refractivity (Wildman–Crippen MR) is 160 cm³/mol. The standard InChI is InChI=1S/C30H49N5O9/c1-21(36)33-27-29(42-24(4)39)28(41-23(3)38)26(20-40-22(2)37)43-30(27)44-35(17-9-14-32)18-10-16-34(15-8-13-31)19-25-11-6-5-7-12-25/h5-7,11-12,26-30H,8-10,13-20,31-32H2,1-4H3,(H,33,36)/t26?,27?,28-,29?,30-/m0/s1. The van der Waals surface area contributed by atoms with Crippen LogP contribution in [-0.2, 0) is 49.5 Å². The average molecular weight is 624 g/mol. The average Bonchev–Trinajstić information content (AvgIpc) is 2.96. The molecule has 1 saturated heterocycles. The van der Waals surface area contributed by atoms with Crippen molar-refractivity contribution in [1.29, 1.82) is 0 Å². The van der Waals surface area contributed by atoms with Gasteiger partial charge in [0.05, 0.1) is 0 Å². The molecule has 0 bridgehead atoms. The molecule has 0 spiro atoms. The summed E-state index contributed by atoms with van der Waals surface area (Å²) in [5.41, 5.74) is 12.8. The van der Waals surface area contributed by atoms with Crippen LogP contribution in [0.5, 0.6) is 0 Å². The first-order valence-corrected chi connectivity index (χ1v) is 15.0. The van der Waals surface area contributed by atoms with Gasteiger partial charge in [0.15, 0.2) is 12.2 Å². The van der Waals surface area contributed by atoms with Gasteiger partial charge in [-0.25, -0.2) is 0 Å². The lowest BCUT2D eigenvalue weighted by atomic mass is 9.96. The Hall–Kier alpha value is -3.14. The highest BCUT2D eigenvalue weighted by atomic mass is 16.8. The molecule has 248 valence electrons. The molecule has 1 amide bonds. The van der Waals surface area contributed by atoms with Gasteiger partial charge >= 0.3 is 17.9 Å². The van der Waals surface area contributed by atoms with Gasteiger partial charge in [0.2, 0.25) is 12.2 Å². The zero-order chi connectivity index (χ0) is 32.5. The number of ether oxygens (including phenoxy) is 4. The maximum atomic E-state index is 12.3. The van der Waals surface area contributed by atoms with Crippen LogP contribution < -0.4 is 16.8 Å². The van der Waals surface area contributed by atoms with Gasteiger partial charge in [-0.1, -0.05) is 30.3 Å². The molecule has 1 fully saturated rings. The van der Waals surface area contributed by atoms with Gasteiger partial charge < -0.3 is 35.7 Å². The third kappa shape index (κ3) is 13.7. The van der Waals surface area contributed by atoms with E-state index in [9.17, 15) is 19.2 Å². The number of nitrogens with one attached hydrogen (secondary N) is 1. The number of carbonyl (C=O) groups is 4. The molecule has 0 radical (unpaired) electrons. The van der Waals surface area contributed by atoms with Crippen molar-refractivity contribution in [3.63, 3.8) is 0 Å². The number of hydrogen-bond acceptors (Lipinski definition) is 13. The maximum absolute atomic E-state index is 12.3. The van der Waals surface area contributed by atoms with Gasteiger partial charge in [-0.05, 0) is 51.0 Å². The fourth-order valence-electron chi connectivity index (χ4n) is 4.91. The Morgan fingerprint density at radius 1 is 0.818 bits per heavy atom. The quantitative estimate of drug-likeness (QED) is 0.110. The Balaban J connectivity index is 2.28. The van der Waals surface area contributed by atoms with E-state index in [1.54, 1.807) is 5.06 Å². The number of esters is 3. The van der Waals surface area contributed by atoms with E-state index in [0.717, 1.165) is 32.5 Å². The van der Waals surface area contributed by atoms with Gasteiger partial charge in [0.1, 0.15) is 18.8 Å². The molecule has 1 heterocycles. The number of carbonyl (C=O) groups excluding carboxylic acids is 4. The summed E-state index contributed by atoms with van der Waals surface area (Å²) in [6.07, 6.45) is -2.45.